The van der Waals surface area contributed by atoms with Crippen molar-refractivity contribution in [2.24, 2.45) is 0 Å². The second kappa shape index (κ2) is 33.9. The fourth-order valence-electron chi connectivity index (χ4n) is 13.9. The summed E-state index contributed by atoms with van der Waals surface area (Å²) in [4.78, 5) is 99.9. The number of morpholine rings is 3. The van der Waals surface area contributed by atoms with Gasteiger partial charge in [-0.1, -0.05) is 82.0 Å². The molecule has 0 bridgehead atoms. The first-order valence-corrected chi connectivity index (χ1v) is 39.7. The predicted molar refractivity (Wildman–Crippen MR) is 444 cm³/mol. The van der Waals surface area contributed by atoms with E-state index in [2.05, 4.69) is 44.6 Å². The molecule has 0 spiro atoms. The molecule has 6 fully saturated rings. The van der Waals surface area contributed by atoms with Crippen LogP contribution < -0.4 is 66.0 Å². The van der Waals surface area contributed by atoms with Gasteiger partial charge in [-0.2, -0.15) is 13.2 Å². The maximum Gasteiger partial charge on any atom is 0.416 e. The monoisotopic (exact) mass is 1630 g/mol. The third-order valence-corrected chi connectivity index (χ3v) is 23.5. The highest BCUT2D eigenvalue weighted by molar-refractivity contribution is 7.20. The molecular formula is C80H75ClF3N21O7S3. The zero-order valence-electron chi connectivity index (χ0n) is 61.9. The van der Waals surface area contributed by atoms with E-state index in [0.29, 0.717) is 118 Å². The molecular weight excluding hydrogens is 1560 g/mol. The minimum atomic E-state index is -4.44. The van der Waals surface area contributed by atoms with Gasteiger partial charge in [0.2, 0.25) is 17.8 Å². The molecule has 0 saturated carbocycles. The summed E-state index contributed by atoms with van der Waals surface area (Å²) in [6.07, 6.45) is 0.432. The van der Waals surface area contributed by atoms with Gasteiger partial charge in [0, 0.05) is 136 Å². The number of ether oxygens (including phenoxy) is 4. The number of halogens is 4. The lowest BCUT2D eigenvalue weighted by molar-refractivity contribution is -0.137. The van der Waals surface area contributed by atoms with Gasteiger partial charge in [0.05, 0.1) is 84.0 Å². The molecule has 6 aliphatic heterocycles. The lowest BCUT2D eigenvalue weighted by Gasteiger charge is -2.26. The van der Waals surface area contributed by atoms with Crippen LogP contribution in [0.3, 0.4) is 0 Å². The number of urea groups is 3. The van der Waals surface area contributed by atoms with E-state index in [-0.39, 0.29) is 35.9 Å². The van der Waals surface area contributed by atoms with E-state index < -0.39 is 11.7 Å². The summed E-state index contributed by atoms with van der Waals surface area (Å²) in [6, 6.07) is 48.0. The molecule has 0 radical (unpaired) electrons. The van der Waals surface area contributed by atoms with Gasteiger partial charge in [0.15, 0.2) is 15.4 Å². The number of nitrogens with zero attached hydrogens (tertiary/aromatic N) is 18. The summed E-state index contributed by atoms with van der Waals surface area (Å²) < 4.78 is 60.7. The number of alkyl halides is 3. The van der Waals surface area contributed by atoms with Gasteiger partial charge in [-0.05, 0) is 144 Å². The number of benzene rings is 6. The lowest BCUT2D eigenvalue weighted by Crippen LogP contribution is -2.36. The molecule has 18 rings (SSSR count). The quantitative estimate of drug-likeness (QED) is 0.0809. The van der Waals surface area contributed by atoms with Gasteiger partial charge < -0.3 is 50.8 Å². The molecule has 28 nitrogen and oxygen atoms in total. The van der Waals surface area contributed by atoms with Crippen molar-refractivity contribution >= 4 is 131 Å². The largest absolute Gasteiger partial charge is 0.497 e. The van der Waals surface area contributed by atoms with Crippen LogP contribution in [0.2, 0.25) is 5.02 Å². The topological polar surface area (TPSA) is 311 Å². The molecule has 6 aromatic heterocycles. The SMILES string of the molecule is COc1ccc(N2CCN(c3cccc(-c4sc(N5CCOCC5)nc4-c4ccnc(N)n4)c3)C2=O)cc1.Nc1nccc(-c2nc(N3CCOCC3)sc2-c2cccc(N3CCN(c4ccc(C(F)(F)F)cc4)C3=O)c2)n1.Nc1nccc(-c2nc(N3CCOCC3)sc2-c2cccc(N3CCN(c4ccc(Cl)cc4)C3=O)c2)n1. The number of nitrogen functional groups attached to an aromatic ring is 3. The molecule has 0 aliphatic carbocycles. The number of amides is 6. The molecule has 35 heteroatoms. The predicted octanol–water partition coefficient (Wildman–Crippen LogP) is 14.1. The molecule has 0 atom stereocenters. The number of carbonyl (C=O) groups excluding carboxylic acids is 3. The first kappa shape index (κ1) is 76.8. The number of thiazole rings is 3. The Balaban J connectivity index is 0.000000130. The van der Waals surface area contributed by atoms with Gasteiger partial charge in [-0.3, -0.25) is 29.4 Å². The molecule has 6 N–H and O–H groups in total. The van der Waals surface area contributed by atoms with Crippen LogP contribution in [0.4, 0.5) is 94.9 Å². The number of carbonyl (C=O) groups is 3. The second-order valence-corrected chi connectivity index (χ2v) is 30.2. The number of nitrogens with two attached hydrogens (primary N) is 3. The van der Waals surface area contributed by atoms with Crippen molar-refractivity contribution in [3.05, 3.63) is 193 Å². The van der Waals surface area contributed by atoms with Crippen molar-refractivity contribution in [1.29, 1.82) is 0 Å². The zero-order valence-corrected chi connectivity index (χ0v) is 65.1. The van der Waals surface area contributed by atoms with Crippen LogP contribution in [-0.4, -0.2) is 188 Å². The Morgan fingerprint density at radius 2 is 0.678 bits per heavy atom. The molecule has 12 aromatic rings. The number of hydrogen-bond acceptors (Lipinski definition) is 25. The Morgan fingerprint density at radius 1 is 0.383 bits per heavy atom. The fourth-order valence-corrected chi connectivity index (χ4v) is 17.4. The Labute approximate surface area is 675 Å². The van der Waals surface area contributed by atoms with Crippen molar-refractivity contribution in [3.63, 3.8) is 0 Å². The highest BCUT2D eigenvalue weighted by atomic mass is 35.5. The minimum Gasteiger partial charge on any atom is -0.497 e. The number of hydrogen-bond donors (Lipinski definition) is 3. The highest BCUT2D eigenvalue weighted by Gasteiger charge is 2.37. The van der Waals surface area contributed by atoms with Crippen molar-refractivity contribution in [2.45, 2.75) is 6.18 Å². The van der Waals surface area contributed by atoms with Crippen LogP contribution >= 0.6 is 45.6 Å². The third kappa shape index (κ3) is 16.9. The number of rotatable bonds is 16. The maximum absolute atomic E-state index is 13.4. The standard InChI is InChI=1S/C27H24F3N7O2S.C27H27N7O3S.C26H24ClN7O2S/c28-27(29,30)18-4-6-19(7-5-18)36-10-11-37(26(36)38)20-3-1-2-17(16-20)23-22(21-8-9-32-24(31)33-21)34-25(40-23)35-12-14-39-15-13-35;1-36-21-7-5-19(6-8-21)33-11-12-34(27(33)35)20-4-2-3-18(17-20)24-23(22-9-10-29-25(28)30-22)31-26(38-24)32-13-15-37-16-14-32;27-18-4-6-19(7-5-18)33-10-11-34(26(33)35)20-3-1-2-17(16-20)23-22(21-8-9-29-24(28)30-21)31-25(37-23)32-12-14-36-15-13-32/h1-9,16H,10-15H2,(H2,31,32,33);2-10,17H,11-16H2,1H3,(H2,28,29,30);1-9,16H,10-15H2,(H2,28,29,30). The lowest BCUT2D eigenvalue weighted by atomic mass is 10.1. The summed E-state index contributed by atoms with van der Waals surface area (Å²) in [7, 11) is 1.63. The van der Waals surface area contributed by atoms with Gasteiger partial charge in [0.1, 0.15) is 22.8 Å². The first-order valence-electron chi connectivity index (χ1n) is 36.9. The molecule has 6 aromatic carbocycles. The Bertz CT molecular complexity index is 5500. The van der Waals surface area contributed by atoms with Crippen molar-refractivity contribution in [2.75, 3.05) is 187 Å². The molecule has 12 heterocycles. The summed E-state index contributed by atoms with van der Waals surface area (Å²) in [5.41, 5.74) is 28.2. The molecule has 6 saturated heterocycles. The van der Waals surface area contributed by atoms with E-state index in [9.17, 15) is 27.6 Å². The van der Waals surface area contributed by atoms with Crippen LogP contribution in [0.1, 0.15) is 5.56 Å². The van der Waals surface area contributed by atoms with Gasteiger partial charge in [-0.15, -0.1) is 0 Å². The van der Waals surface area contributed by atoms with Gasteiger partial charge >= 0.3 is 24.3 Å². The summed E-state index contributed by atoms with van der Waals surface area (Å²) in [6.45, 7) is 11.6. The molecule has 588 valence electrons. The molecule has 0 unspecified atom stereocenters. The van der Waals surface area contributed by atoms with Crippen molar-refractivity contribution in [3.8, 4) is 71.2 Å². The smallest absolute Gasteiger partial charge is 0.416 e. The van der Waals surface area contributed by atoms with Crippen molar-refractivity contribution < 1.29 is 46.5 Å². The van der Waals surface area contributed by atoms with Crippen molar-refractivity contribution in [1.82, 2.24) is 44.9 Å². The van der Waals surface area contributed by atoms with E-state index in [0.717, 1.165) is 138 Å². The summed E-state index contributed by atoms with van der Waals surface area (Å²) >= 11 is 10.8. The normalized spacial score (nSPS) is 16.0. The van der Waals surface area contributed by atoms with Crippen LogP contribution in [-0.2, 0) is 20.4 Å². The van der Waals surface area contributed by atoms with Crippen LogP contribution in [0.15, 0.2) is 182 Å². The zero-order chi connectivity index (χ0) is 79.3. The Hall–Kier alpha value is -12.2. The Morgan fingerprint density at radius 3 is 0.974 bits per heavy atom. The third-order valence-electron chi connectivity index (χ3n) is 19.8. The van der Waals surface area contributed by atoms with Crippen LogP contribution in [0, 0.1) is 0 Å². The first-order chi connectivity index (χ1) is 55.9. The molecule has 6 aliphatic rings. The van der Waals surface area contributed by atoms with E-state index in [1.807, 2.05) is 121 Å². The number of methoxy groups -OCH3 is 1. The van der Waals surface area contributed by atoms with Crippen LogP contribution in [0.25, 0.3) is 65.5 Å². The van der Waals surface area contributed by atoms with E-state index in [4.69, 9.17) is 62.7 Å². The molecule has 115 heavy (non-hydrogen) atoms. The summed E-state index contributed by atoms with van der Waals surface area (Å²) in [5.74, 6) is 1.30. The Kier molecular flexibility index (Phi) is 22.6. The highest BCUT2D eigenvalue weighted by Crippen LogP contribution is 2.46. The number of anilines is 12. The average molecular weight is 1630 g/mol. The van der Waals surface area contributed by atoms with E-state index in [1.165, 1.54) is 28.4 Å². The summed E-state index contributed by atoms with van der Waals surface area (Å²) in [5, 5.41) is 3.29. The van der Waals surface area contributed by atoms with Gasteiger partial charge in [-0.25, -0.2) is 59.2 Å². The average Bonchev–Trinajstić information content (AvgIpc) is 1.65. The minimum absolute atomic E-state index is 0.0607. The van der Waals surface area contributed by atoms with Crippen LogP contribution in [0.5, 0.6) is 5.75 Å². The fraction of sp³-hybridized carbons (Fsp3) is 0.250. The number of aromatic nitrogens is 9. The van der Waals surface area contributed by atoms with E-state index >= 15 is 0 Å². The van der Waals surface area contributed by atoms with E-state index in [1.54, 1.807) is 91.1 Å². The second-order valence-electron chi connectivity index (χ2n) is 26.8. The molecule has 6 amide bonds. The van der Waals surface area contributed by atoms with Gasteiger partial charge in [0.25, 0.3) is 0 Å². The maximum atomic E-state index is 13.4.